The summed E-state index contributed by atoms with van der Waals surface area (Å²) >= 11 is 0. The molecule has 2 aliphatic rings. The lowest BCUT2D eigenvalue weighted by Crippen LogP contribution is -2.42. The number of nitrogens with zero attached hydrogens (tertiary/aromatic N) is 1. The van der Waals surface area contributed by atoms with Crippen LogP contribution in [0.3, 0.4) is 0 Å². The van der Waals surface area contributed by atoms with Crippen molar-refractivity contribution in [3.63, 3.8) is 0 Å². The molecule has 2 aliphatic heterocycles. The van der Waals surface area contributed by atoms with E-state index >= 15 is 0 Å². The molecule has 10 nitrogen and oxygen atoms in total. The van der Waals surface area contributed by atoms with E-state index in [2.05, 4.69) is 10.6 Å². The van der Waals surface area contributed by atoms with E-state index in [9.17, 15) is 14.4 Å². The fourth-order valence-electron chi connectivity index (χ4n) is 3.72. The first-order chi connectivity index (χ1) is 15.9. The van der Waals surface area contributed by atoms with Gasteiger partial charge in [-0.2, -0.15) is 0 Å². The van der Waals surface area contributed by atoms with Crippen LogP contribution in [0.15, 0.2) is 36.4 Å². The average molecular weight is 455 g/mol. The molecule has 0 aromatic heterocycles. The van der Waals surface area contributed by atoms with Crippen LogP contribution >= 0.6 is 0 Å². The minimum Gasteiger partial charge on any atom is -0.490 e. The maximum absolute atomic E-state index is 13.1. The Balaban J connectivity index is 1.47. The molecule has 4 amide bonds. The van der Waals surface area contributed by atoms with Gasteiger partial charge in [0.05, 0.1) is 13.2 Å². The minimum atomic E-state index is -1.33. The van der Waals surface area contributed by atoms with Gasteiger partial charge >= 0.3 is 6.03 Å². The summed E-state index contributed by atoms with van der Waals surface area (Å²) in [5, 5.41) is 5.37. The second kappa shape index (κ2) is 8.89. The molecular weight excluding hydrogens is 430 g/mol. The number of carbonyl (C=O) groups is 3. The number of urea groups is 1. The molecule has 2 aromatic carbocycles. The number of amides is 4. The molecule has 2 aromatic rings. The van der Waals surface area contributed by atoms with Crippen LogP contribution in [0.2, 0.25) is 0 Å². The van der Waals surface area contributed by atoms with E-state index in [4.69, 9.17) is 18.9 Å². The van der Waals surface area contributed by atoms with E-state index in [1.807, 2.05) is 13.8 Å². The summed E-state index contributed by atoms with van der Waals surface area (Å²) in [7, 11) is 0. The summed E-state index contributed by atoms with van der Waals surface area (Å²) < 4.78 is 21.7. The Morgan fingerprint density at radius 1 is 1.06 bits per heavy atom. The molecule has 0 saturated carbocycles. The van der Waals surface area contributed by atoms with Crippen LogP contribution in [0.25, 0.3) is 0 Å². The molecule has 0 aliphatic carbocycles. The minimum absolute atomic E-state index is 0.0959. The van der Waals surface area contributed by atoms with Crippen molar-refractivity contribution in [2.75, 3.05) is 31.9 Å². The van der Waals surface area contributed by atoms with Crippen LogP contribution in [0, 0.1) is 0 Å². The third-order valence-electron chi connectivity index (χ3n) is 5.35. The normalized spacial score (nSPS) is 18.8. The summed E-state index contributed by atoms with van der Waals surface area (Å²) in [6.45, 7) is 5.85. The van der Waals surface area contributed by atoms with Crippen LogP contribution in [0.4, 0.5) is 10.5 Å². The zero-order valence-corrected chi connectivity index (χ0v) is 18.6. The van der Waals surface area contributed by atoms with Crippen molar-refractivity contribution in [3.05, 3.63) is 42.0 Å². The number of anilines is 1. The lowest BCUT2D eigenvalue weighted by molar-refractivity contribution is -0.133. The summed E-state index contributed by atoms with van der Waals surface area (Å²) in [6, 6.07) is 9.35. The average Bonchev–Trinajstić information content (AvgIpc) is 3.34. The van der Waals surface area contributed by atoms with Gasteiger partial charge in [-0.05, 0) is 50.6 Å². The lowest BCUT2D eigenvalue weighted by Gasteiger charge is -2.22. The quantitative estimate of drug-likeness (QED) is 0.588. The van der Waals surface area contributed by atoms with E-state index in [0.717, 1.165) is 4.90 Å². The third-order valence-corrected chi connectivity index (χ3v) is 5.35. The first-order valence-corrected chi connectivity index (χ1v) is 10.6. The van der Waals surface area contributed by atoms with Crippen LogP contribution in [-0.2, 0) is 15.1 Å². The molecule has 0 radical (unpaired) electrons. The second-order valence-electron chi connectivity index (χ2n) is 7.59. The molecule has 2 heterocycles. The van der Waals surface area contributed by atoms with E-state index in [0.29, 0.717) is 47.5 Å². The number of carbonyl (C=O) groups excluding carboxylic acids is 3. The van der Waals surface area contributed by atoms with Gasteiger partial charge in [0.15, 0.2) is 23.0 Å². The highest BCUT2D eigenvalue weighted by atomic mass is 16.7. The van der Waals surface area contributed by atoms with Gasteiger partial charge < -0.3 is 29.6 Å². The SMILES string of the molecule is CCOc1ccc(NC(=O)CN2C(=O)NC(C)(c3ccc4c(c3)OCO4)C2=O)cc1OCC. The second-order valence-corrected chi connectivity index (χ2v) is 7.59. The number of ether oxygens (including phenoxy) is 4. The van der Waals surface area contributed by atoms with Gasteiger partial charge in [0.1, 0.15) is 12.1 Å². The molecule has 4 rings (SSSR count). The smallest absolute Gasteiger partial charge is 0.325 e. The van der Waals surface area contributed by atoms with Crippen molar-refractivity contribution in [3.8, 4) is 23.0 Å². The largest absolute Gasteiger partial charge is 0.490 e. The first-order valence-electron chi connectivity index (χ1n) is 10.6. The zero-order chi connectivity index (χ0) is 23.6. The van der Waals surface area contributed by atoms with Crippen LogP contribution < -0.4 is 29.6 Å². The number of nitrogens with one attached hydrogen (secondary N) is 2. The van der Waals surface area contributed by atoms with Gasteiger partial charge in [-0.15, -0.1) is 0 Å². The standard InChI is InChI=1S/C23H25N3O7/c1-4-30-16-9-7-15(11-19(16)31-5-2)24-20(27)12-26-21(28)23(3,25-22(26)29)14-6-8-17-18(10-14)33-13-32-17/h6-11H,4-5,12-13H2,1-3H3,(H,24,27)(H,25,29). The highest BCUT2D eigenvalue weighted by molar-refractivity contribution is 6.10. The highest BCUT2D eigenvalue weighted by Crippen LogP contribution is 2.38. The van der Waals surface area contributed by atoms with Gasteiger partial charge in [0.2, 0.25) is 12.7 Å². The fraction of sp³-hybridized carbons (Fsp3) is 0.348. The Hall–Kier alpha value is -3.95. The maximum Gasteiger partial charge on any atom is 0.325 e. The van der Waals surface area contributed by atoms with Gasteiger partial charge in [0.25, 0.3) is 5.91 Å². The number of hydrogen-bond donors (Lipinski definition) is 2. The number of benzene rings is 2. The summed E-state index contributed by atoms with van der Waals surface area (Å²) in [4.78, 5) is 39.2. The molecule has 10 heteroatoms. The molecule has 33 heavy (non-hydrogen) atoms. The van der Waals surface area contributed by atoms with Gasteiger partial charge in [0, 0.05) is 11.8 Å². The molecule has 2 N–H and O–H groups in total. The molecular formula is C23H25N3O7. The Labute approximate surface area is 190 Å². The Morgan fingerprint density at radius 2 is 1.79 bits per heavy atom. The Morgan fingerprint density at radius 3 is 2.55 bits per heavy atom. The fourth-order valence-corrected chi connectivity index (χ4v) is 3.72. The van der Waals surface area contributed by atoms with E-state index in [-0.39, 0.29) is 6.79 Å². The number of fused-ring (bicyclic) bond motifs is 1. The van der Waals surface area contributed by atoms with Crippen molar-refractivity contribution in [2.45, 2.75) is 26.3 Å². The molecule has 174 valence electrons. The predicted molar refractivity (Wildman–Crippen MR) is 118 cm³/mol. The molecule has 1 unspecified atom stereocenters. The van der Waals surface area contributed by atoms with Crippen molar-refractivity contribution >= 4 is 23.5 Å². The van der Waals surface area contributed by atoms with Gasteiger partial charge in [-0.3, -0.25) is 14.5 Å². The topological polar surface area (TPSA) is 115 Å². The molecule has 0 bridgehead atoms. The van der Waals surface area contributed by atoms with Crippen molar-refractivity contribution in [2.24, 2.45) is 0 Å². The summed E-state index contributed by atoms with van der Waals surface area (Å²) in [5.74, 6) is 1.04. The van der Waals surface area contributed by atoms with E-state index in [1.165, 1.54) is 0 Å². The monoisotopic (exact) mass is 455 g/mol. The third kappa shape index (κ3) is 4.23. The maximum atomic E-state index is 13.1. The Kier molecular flexibility index (Phi) is 5.99. The zero-order valence-electron chi connectivity index (χ0n) is 18.6. The number of imide groups is 1. The molecule has 1 fully saturated rings. The first kappa shape index (κ1) is 22.3. The summed E-state index contributed by atoms with van der Waals surface area (Å²) in [5.41, 5.74) is -0.349. The van der Waals surface area contributed by atoms with Gasteiger partial charge in [-0.1, -0.05) is 6.07 Å². The molecule has 0 spiro atoms. The lowest BCUT2D eigenvalue weighted by atomic mass is 9.91. The molecule has 1 saturated heterocycles. The van der Waals surface area contributed by atoms with Crippen LogP contribution in [-0.4, -0.2) is 49.3 Å². The summed E-state index contributed by atoms with van der Waals surface area (Å²) in [6.07, 6.45) is 0. The van der Waals surface area contributed by atoms with E-state index in [1.54, 1.807) is 43.3 Å². The van der Waals surface area contributed by atoms with Crippen molar-refractivity contribution < 1.29 is 33.3 Å². The van der Waals surface area contributed by atoms with Gasteiger partial charge in [-0.25, -0.2) is 4.79 Å². The van der Waals surface area contributed by atoms with E-state index < -0.39 is 29.9 Å². The Bertz CT molecular complexity index is 1100. The van der Waals surface area contributed by atoms with Crippen LogP contribution in [0.5, 0.6) is 23.0 Å². The highest BCUT2D eigenvalue weighted by Gasteiger charge is 2.49. The number of hydrogen-bond acceptors (Lipinski definition) is 7. The molecule has 1 atom stereocenters. The van der Waals surface area contributed by atoms with Crippen molar-refractivity contribution in [1.29, 1.82) is 0 Å². The number of rotatable bonds is 8. The van der Waals surface area contributed by atoms with Crippen LogP contribution in [0.1, 0.15) is 26.3 Å². The predicted octanol–water partition coefficient (Wildman–Crippen LogP) is 2.62. The van der Waals surface area contributed by atoms with Crippen molar-refractivity contribution in [1.82, 2.24) is 10.2 Å².